The summed E-state index contributed by atoms with van der Waals surface area (Å²) in [5.74, 6) is -1.99. The Morgan fingerprint density at radius 2 is 1.73 bits per heavy atom. The highest BCUT2D eigenvalue weighted by Crippen LogP contribution is 2.24. The number of nitrogens with zero attached hydrogens (tertiary/aromatic N) is 1. The predicted molar refractivity (Wildman–Crippen MR) is 55.8 cm³/mol. The van der Waals surface area contributed by atoms with E-state index in [1.807, 2.05) is 0 Å². The fourth-order valence-electron chi connectivity index (χ4n) is 1.63. The molecule has 0 radical (unpaired) electrons. The van der Waals surface area contributed by atoms with Gasteiger partial charge in [-0.3, -0.25) is 14.5 Å². The van der Waals surface area contributed by atoms with Crippen molar-refractivity contribution in [3.63, 3.8) is 0 Å². The summed E-state index contributed by atoms with van der Waals surface area (Å²) >= 11 is 0. The van der Waals surface area contributed by atoms with Crippen LogP contribution in [0.5, 0.6) is 0 Å². The van der Waals surface area contributed by atoms with Gasteiger partial charge in [0.25, 0.3) is 0 Å². The van der Waals surface area contributed by atoms with Gasteiger partial charge in [0.2, 0.25) is 0 Å². The van der Waals surface area contributed by atoms with Gasteiger partial charge >= 0.3 is 11.9 Å². The summed E-state index contributed by atoms with van der Waals surface area (Å²) in [6.07, 6.45) is 0. The second-order valence-corrected chi connectivity index (χ2v) is 4.56. The third kappa shape index (κ3) is 4.29. The molecule has 0 rings (SSSR count). The number of carboxylic acid groups (broad SMARTS) is 2. The molecule has 0 aromatic heterocycles. The van der Waals surface area contributed by atoms with Crippen molar-refractivity contribution >= 4 is 11.9 Å². The smallest absolute Gasteiger partial charge is 0.321 e. The third-order valence-corrected chi connectivity index (χ3v) is 2.16. The topological polar surface area (TPSA) is 77.8 Å². The summed E-state index contributed by atoms with van der Waals surface area (Å²) in [5, 5.41) is 17.8. The van der Waals surface area contributed by atoms with Crippen molar-refractivity contribution in [2.75, 3.05) is 13.1 Å². The molecule has 0 saturated heterocycles. The molecule has 0 aromatic rings. The van der Waals surface area contributed by atoms with Crippen LogP contribution >= 0.6 is 0 Å². The van der Waals surface area contributed by atoms with Gasteiger partial charge in [0.05, 0.1) is 6.54 Å². The summed E-state index contributed by atoms with van der Waals surface area (Å²) in [5.41, 5.74) is -0.489. The van der Waals surface area contributed by atoms with Crippen molar-refractivity contribution in [2.24, 2.45) is 5.41 Å². The van der Waals surface area contributed by atoms with E-state index in [1.54, 1.807) is 27.7 Å². The van der Waals surface area contributed by atoms with E-state index in [4.69, 9.17) is 10.2 Å². The van der Waals surface area contributed by atoms with Gasteiger partial charge in [0.1, 0.15) is 6.04 Å². The first-order valence-electron chi connectivity index (χ1n) is 4.88. The molecule has 2 N–H and O–H groups in total. The van der Waals surface area contributed by atoms with E-state index in [9.17, 15) is 9.59 Å². The van der Waals surface area contributed by atoms with Gasteiger partial charge in [-0.2, -0.15) is 0 Å². The zero-order chi connectivity index (χ0) is 12.2. The lowest BCUT2D eigenvalue weighted by atomic mass is 9.85. The first-order valence-corrected chi connectivity index (χ1v) is 4.88. The molecule has 0 heterocycles. The first-order chi connectivity index (χ1) is 6.70. The summed E-state index contributed by atoms with van der Waals surface area (Å²) in [7, 11) is 0. The largest absolute Gasteiger partial charge is 0.480 e. The molecule has 0 fully saturated rings. The summed E-state index contributed by atoms with van der Waals surface area (Å²) in [6, 6.07) is -0.779. The molecule has 0 bridgehead atoms. The van der Waals surface area contributed by atoms with Crippen molar-refractivity contribution in [3.8, 4) is 0 Å². The zero-order valence-electron chi connectivity index (χ0n) is 9.65. The van der Waals surface area contributed by atoms with Crippen LogP contribution in [0.2, 0.25) is 0 Å². The van der Waals surface area contributed by atoms with Crippen LogP contribution < -0.4 is 0 Å². The minimum Gasteiger partial charge on any atom is -0.480 e. The van der Waals surface area contributed by atoms with E-state index in [-0.39, 0.29) is 6.54 Å². The highest BCUT2D eigenvalue weighted by molar-refractivity contribution is 5.76. The van der Waals surface area contributed by atoms with E-state index in [0.29, 0.717) is 6.54 Å². The van der Waals surface area contributed by atoms with E-state index < -0.39 is 23.4 Å². The van der Waals surface area contributed by atoms with Crippen molar-refractivity contribution in [1.82, 2.24) is 4.90 Å². The second kappa shape index (κ2) is 5.11. The minimum atomic E-state index is -1.01. The van der Waals surface area contributed by atoms with E-state index in [0.717, 1.165) is 0 Å². The summed E-state index contributed by atoms with van der Waals surface area (Å²) < 4.78 is 0. The van der Waals surface area contributed by atoms with E-state index >= 15 is 0 Å². The molecule has 88 valence electrons. The highest BCUT2D eigenvalue weighted by Gasteiger charge is 2.36. The molecule has 0 aliphatic heterocycles. The van der Waals surface area contributed by atoms with Gasteiger partial charge < -0.3 is 10.2 Å². The van der Waals surface area contributed by atoms with Crippen molar-refractivity contribution in [1.29, 1.82) is 0 Å². The lowest BCUT2D eigenvalue weighted by Crippen LogP contribution is -2.51. The molecule has 1 atom stereocenters. The molecule has 0 aliphatic rings. The van der Waals surface area contributed by atoms with Crippen molar-refractivity contribution < 1.29 is 19.8 Å². The molecule has 15 heavy (non-hydrogen) atoms. The zero-order valence-corrected chi connectivity index (χ0v) is 9.65. The Bertz CT molecular complexity index is 244. The van der Waals surface area contributed by atoms with Crippen LogP contribution in [-0.2, 0) is 9.59 Å². The van der Waals surface area contributed by atoms with Gasteiger partial charge in [-0.05, 0) is 12.0 Å². The van der Waals surface area contributed by atoms with Crippen LogP contribution in [0, 0.1) is 5.41 Å². The van der Waals surface area contributed by atoms with Crippen LogP contribution in [0.3, 0.4) is 0 Å². The first kappa shape index (κ1) is 13.9. The Labute approximate surface area is 89.7 Å². The number of likely N-dealkylation sites (N-methyl/N-ethyl adjacent to an activating group) is 1. The Morgan fingerprint density at radius 1 is 1.27 bits per heavy atom. The van der Waals surface area contributed by atoms with Crippen molar-refractivity contribution in [3.05, 3.63) is 0 Å². The number of hydrogen-bond acceptors (Lipinski definition) is 3. The average Bonchev–Trinajstić information content (AvgIpc) is 1.98. The van der Waals surface area contributed by atoms with E-state index in [1.165, 1.54) is 4.90 Å². The number of aliphatic carboxylic acids is 2. The predicted octanol–water partition coefficient (Wildman–Crippen LogP) is 0.892. The van der Waals surface area contributed by atoms with Gasteiger partial charge in [-0.1, -0.05) is 27.7 Å². The minimum absolute atomic E-state index is 0.245. The second-order valence-electron chi connectivity index (χ2n) is 4.56. The van der Waals surface area contributed by atoms with Crippen LogP contribution in [0.15, 0.2) is 0 Å². The summed E-state index contributed by atoms with van der Waals surface area (Å²) in [4.78, 5) is 23.1. The molecule has 5 heteroatoms. The number of carbonyl (C=O) groups is 2. The van der Waals surface area contributed by atoms with Crippen LogP contribution in [-0.4, -0.2) is 46.2 Å². The molecule has 0 aliphatic carbocycles. The molecule has 0 spiro atoms. The number of carboxylic acids is 2. The maximum atomic E-state index is 11.1. The normalized spacial score (nSPS) is 13.9. The fraction of sp³-hybridized carbons (Fsp3) is 0.800. The fourth-order valence-corrected chi connectivity index (χ4v) is 1.63. The SMILES string of the molecule is CCN(CC(=O)O)C(C(=O)O)C(C)(C)C. The quantitative estimate of drug-likeness (QED) is 0.715. The highest BCUT2D eigenvalue weighted by atomic mass is 16.4. The molecular formula is C10H19NO4. The Kier molecular flexibility index (Phi) is 4.74. The van der Waals surface area contributed by atoms with Gasteiger partial charge in [0.15, 0.2) is 0 Å². The lowest BCUT2D eigenvalue weighted by molar-refractivity contribution is -0.150. The molecule has 1 unspecified atom stereocenters. The Morgan fingerprint density at radius 3 is 1.93 bits per heavy atom. The van der Waals surface area contributed by atoms with E-state index in [2.05, 4.69) is 0 Å². The van der Waals surface area contributed by atoms with Gasteiger partial charge in [0, 0.05) is 0 Å². The van der Waals surface area contributed by atoms with Crippen molar-refractivity contribution in [2.45, 2.75) is 33.7 Å². The third-order valence-electron chi connectivity index (χ3n) is 2.16. The van der Waals surface area contributed by atoms with Gasteiger partial charge in [-0.15, -0.1) is 0 Å². The maximum Gasteiger partial charge on any atom is 0.321 e. The molecule has 0 aromatic carbocycles. The number of rotatable bonds is 5. The Hall–Kier alpha value is -1.10. The Balaban J connectivity index is 4.87. The maximum absolute atomic E-state index is 11.1. The number of hydrogen-bond donors (Lipinski definition) is 2. The average molecular weight is 217 g/mol. The van der Waals surface area contributed by atoms with Gasteiger partial charge in [-0.25, -0.2) is 0 Å². The monoisotopic (exact) mass is 217 g/mol. The van der Waals surface area contributed by atoms with Crippen LogP contribution in [0.1, 0.15) is 27.7 Å². The molecule has 0 amide bonds. The standard InChI is InChI=1S/C10H19NO4/c1-5-11(6-7(12)13)8(9(14)15)10(2,3)4/h8H,5-6H2,1-4H3,(H,12,13)(H,14,15). The van der Waals surface area contributed by atoms with Crippen LogP contribution in [0.25, 0.3) is 0 Å². The molecular weight excluding hydrogens is 198 g/mol. The summed E-state index contributed by atoms with van der Waals surface area (Å²) in [6.45, 7) is 7.28. The molecule has 0 saturated carbocycles. The van der Waals surface area contributed by atoms with Crippen LogP contribution in [0.4, 0.5) is 0 Å². The molecule has 5 nitrogen and oxygen atoms in total. The lowest BCUT2D eigenvalue weighted by Gasteiger charge is -2.35.